The average Bonchev–Trinajstić information content (AvgIpc) is 2.93. The first-order valence-electron chi connectivity index (χ1n) is 7.31. The summed E-state index contributed by atoms with van der Waals surface area (Å²) >= 11 is 1.64. The topological polar surface area (TPSA) is 37.3 Å². The fraction of sp³-hybridized carbons (Fsp3) is 0.211. The Balaban J connectivity index is 2.59. The smallest absolute Gasteiger partial charge is 0.335 e. The van der Waals surface area contributed by atoms with Crippen molar-refractivity contribution in [3.8, 4) is 0 Å². The fourth-order valence-electron chi connectivity index (χ4n) is 2.15. The molecule has 0 aliphatic carbocycles. The maximum atomic E-state index is 11.2. The molecule has 0 bridgehead atoms. The third kappa shape index (κ3) is 3.55. The number of thiophene rings is 1. The van der Waals surface area contributed by atoms with E-state index in [-0.39, 0.29) is 0 Å². The molecule has 0 atom stereocenters. The summed E-state index contributed by atoms with van der Waals surface area (Å²) in [5.41, 5.74) is 3.82. The van der Waals surface area contributed by atoms with Gasteiger partial charge < -0.3 is 5.11 Å². The van der Waals surface area contributed by atoms with E-state index in [0.29, 0.717) is 5.56 Å². The van der Waals surface area contributed by atoms with E-state index >= 15 is 0 Å². The fourth-order valence-corrected chi connectivity index (χ4v) is 3.10. The summed E-state index contributed by atoms with van der Waals surface area (Å²) in [7, 11) is 0. The lowest BCUT2D eigenvalue weighted by Crippen LogP contribution is -1.95. The summed E-state index contributed by atoms with van der Waals surface area (Å²) in [6.07, 6.45) is 9.32. The molecule has 0 aliphatic rings. The van der Waals surface area contributed by atoms with Crippen molar-refractivity contribution < 1.29 is 9.90 Å². The van der Waals surface area contributed by atoms with Crippen LogP contribution in [0.1, 0.15) is 43.1 Å². The molecule has 0 saturated heterocycles. The minimum Gasteiger partial charge on any atom is -0.478 e. The lowest BCUT2D eigenvalue weighted by atomic mass is 10.0. The van der Waals surface area contributed by atoms with Crippen LogP contribution in [0.4, 0.5) is 0 Å². The first kappa shape index (κ1) is 16.2. The van der Waals surface area contributed by atoms with Crippen LogP contribution in [0, 0.1) is 0 Å². The molecule has 2 aromatic rings. The van der Waals surface area contributed by atoms with Crippen molar-refractivity contribution in [3.05, 3.63) is 64.6 Å². The largest absolute Gasteiger partial charge is 0.478 e. The van der Waals surface area contributed by atoms with E-state index in [4.69, 9.17) is 0 Å². The van der Waals surface area contributed by atoms with E-state index < -0.39 is 5.97 Å². The van der Waals surface area contributed by atoms with Crippen molar-refractivity contribution in [2.24, 2.45) is 0 Å². The van der Waals surface area contributed by atoms with Crippen LogP contribution in [0.2, 0.25) is 0 Å². The summed E-state index contributed by atoms with van der Waals surface area (Å²) in [6.45, 7) is 6.23. The average molecular weight is 312 g/mol. The Bertz CT molecular complexity index is 776. The number of allylic oxidation sites excluding steroid dienone is 6. The number of rotatable bonds is 5. The van der Waals surface area contributed by atoms with Gasteiger partial charge in [0, 0.05) is 15.6 Å². The lowest BCUT2D eigenvalue weighted by Gasteiger charge is -2.02. The molecule has 3 heteroatoms. The van der Waals surface area contributed by atoms with Crippen molar-refractivity contribution in [1.82, 2.24) is 0 Å². The van der Waals surface area contributed by atoms with Crippen LogP contribution in [-0.4, -0.2) is 11.1 Å². The molecule has 2 nitrogen and oxygen atoms in total. The molecule has 1 aromatic carbocycles. The SMILES string of the molecule is C\C=C/C(=C\C=C(/C)CC)c1csc2ccc(C(=O)O)cc12. The monoisotopic (exact) mass is 312 g/mol. The van der Waals surface area contributed by atoms with Crippen molar-refractivity contribution in [2.75, 3.05) is 0 Å². The standard InChI is InChI=1S/C19H20O2S/c1-4-6-14(8-7-13(3)5-2)17-12-22-18-10-9-15(19(20)21)11-16(17)18/h4,6-12H,5H2,1-3H3,(H,20,21)/b6-4-,13-7+,14-8+. The molecule has 1 N–H and O–H groups in total. The zero-order valence-electron chi connectivity index (χ0n) is 13.1. The Labute approximate surface area is 135 Å². The molecule has 2 rings (SSSR count). The molecule has 0 aliphatic heterocycles. The Kier molecular flexibility index (Phi) is 5.34. The van der Waals surface area contributed by atoms with Gasteiger partial charge in [-0.15, -0.1) is 11.3 Å². The van der Waals surface area contributed by atoms with Crippen LogP contribution in [0.25, 0.3) is 15.7 Å². The first-order chi connectivity index (χ1) is 10.6. The van der Waals surface area contributed by atoms with Gasteiger partial charge in [-0.1, -0.05) is 36.8 Å². The Morgan fingerprint density at radius 2 is 2.09 bits per heavy atom. The van der Waals surface area contributed by atoms with E-state index in [1.807, 2.05) is 19.1 Å². The molecule has 0 unspecified atom stereocenters. The Morgan fingerprint density at radius 1 is 1.32 bits per heavy atom. The highest BCUT2D eigenvalue weighted by molar-refractivity contribution is 7.17. The predicted octanol–water partition coefficient (Wildman–Crippen LogP) is 5.92. The van der Waals surface area contributed by atoms with Crippen molar-refractivity contribution in [3.63, 3.8) is 0 Å². The Hall–Kier alpha value is -2.13. The minimum absolute atomic E-state index is 0.326. The van der Waals surface area contributed by atoms with Gasteiger partial charge in [0.25, 0.3) is 0 Å². The van der Waals surface area contributed by atoms with Gasteiger partial charge in [-0.25, -0.2) is 4.79 Å². The zero-order valence-corrected chi connectivity index (χ0v) is 13.9. The van der Waals surface area contributed by atoms with E-state index in [1.54, 1.807) is 23.5 Å². The van der Waals surface area contributed by atoms with E-state index in [1.165, 1.54) is 5.57 Å². The number of aromatic carboxylic acids is 1. The number of hydrogen-bond acceptors (Lipinski definition) is 2. The predicted molar refractivity (Wildman–Crippen MR) is 95.6 cm³/mol. The summed E-state index contributed by atoms with van der Waals surface area (Å²) in [4.78, 5) is 11.2. The number of carbonyl (C=O) groups is 1. The molecule has 1 aromatic heterocycles. The van der Waals surface area contributed by atoms with Crippen molar-refractivity contribution in [2.45, 2.75) is 27.2 Å². The van der Waals surface area contributed by atoms with Crippen LogP contribution < -0.4 is 0 Å². The number of benzene rings is 1. The van der Waals surface area contributed by atoms with Crippen LogP contribution in [0.3, 0.4) is 0 Å². The van der Waals surface area contributed by atoms with Crippen LogP contribution in [0.15, 0.2) is 53.5 Å². The lowest BCUT2D eigenvalue weighted by molar-refractivity contribution is 0.0697. The van der Waals surface area contributed by atoms with Crippen LogP contribution in [0.5, 0.6) is 0 Å². The molecule has 114 valence electrons. The van der Waals surface area contributed by atoms with Crippen molar-refractivity contribution >= 4 is 33.0 Å². The normalized spacial score (nSPS) is 13.2. The second-order valence-electron chi connectivity index (χ2n) is 5.15. The van der Waals surface area contributed by atoms with Gasteiger partial charge in [-0.3, -0.25) is 0 Å². The highest BCUT2D eigenvalue weighted by Crippen LogP contribution is 2.32. The molecule has 0 amide bonds. The molecular weight excluding hydrogens is 292 g/mol. The molecule has 0 fully saturated rings. The number of carboxylic acids is 1. The van der Waals surface area contributed by atoms with Crippen molar-refractivity contribution in [1.29, 1.82) is 0 Å². The zero-order chi connectivity index (χ0) is 16.1. The first-order valence-corrected chi connectivity index (χ1v) is 8.19. The number of carboxylic acid groups (broad SMARTS) is 1. The van der Waals surface area contributed by atoms with Gasteiger partial charge in [0.15, 0.2) is 0 Å². The Morgan fingerprint density at radius 3 is 2.73 bits per heavy atom. The molecule has 0 spiro atoms. The second kappa shape index (κ2) is 7.23. The molecule has 0 radical (unpaired) electrons. The third-order valence-corrected chi connectivity index (χ3v) is 4.55. The van der Waals surface area contributed by atoms with Gasteiger partial charge in [-0.2, -0.15) is 0 Å². The molecular formula is C19H20O2S. The summed E-state index contributed by atoms with van der Waals surface area (Å²) < 4.78 is 1.10. The summed E-state index contributed by atoms with van der Waals surface area (Å²) in [6, 6.07) is 5.30. The summed E-state index contributed by atoms with van der Waals surface area (Å²) in [5, 5.41) is 12.3. The molecule has 22 heavy (non-hydrogen) atoms. The van der Waals surface area contributed by atoms with E-state index in [2.05, 4.69) is 37.5 Å². The van der Waals surface area contributed by atoms with Gasteiger partial charge in [0.2, 0.25) is 0 Å². The van der Waals surface area contributed by atoms with Gasteiger partial charge in [-0.05, 0) is 49.4 Å². The highest BCUT2D eigenvalue weighted by Gasteiger charge is 2.10. The maximum absolute atomic E-state index is 11.2. The molecule has 0 saturated carbocycles. The van der Waals surface area contributed by atoms with E-state index in [9.17, 15) is 9.90 Å². The number of hydrogen-bond donors (Lipinski definition) is 1. The van der Waals surface area contributed by atoms with Gasteiger partial charge in [0.1, 0.15) is 0 Å². The highest BCUT2D eigenvalue weighted by atomic mass is 32.1. The second-order valence-corrected chi connectivity index (χ2v) is 6.07. The van der Waals surface area contributed by atoms with Gasteiger partial charge in [0.05, 0.1) is 5.56 Å². The van der Waals surface area contributed by atoms with E-state index in [0.717, 1.165) is 27.6 Å². The third-order valence-electron chi connectivity index (χ3n) is 3.58. The van der Waals surface area contributed by atoms with Crippen LogP contribution >= 0.6 is 11.3 Å². The minimum atomic E-state index is -0.891. The number of fused-ring (bicyclic) bond motifs is 1. The molecule has 1 heterocycles. The van der Waals surface area contributed by atoms with Crippen LogP contribution in [-0.2, 0) is 0 Å². The summed E-state index contributed by atoms with van der Waals surface area (Å²) in [5.74, 6) is -0.891. The quantitative estimate of drug-likeness (QED) is 0.696. The maximum Gasteiger partial charge on any atom is 0.335 e. The van der Waals surface area contributed by atoms with Gasteiger partial charge >= 0.3 is 5.97 Å².